The second-order valence-corrected chi connectivity index (χ2v) is 7.65. The van der Waals surface area contributed by atoms with Gasteiger partial charge in [-0.25, -0.2) is 14.6 Å². The van der Waals surface area contributed by atoms with Crippen molar-refractivity contribution in [2.24, 2.45) is 7.05 Å². The molecule has 0 aliphatic carbocycles. The van der Waals surface area contributed by atoms with Gasteiger partial charge in [0, 0.05) is 52.2 Å². The van der Waals surface area contributed by atoms with Gasteiger partial charge in [0.05, 0.1) is 16.9 Å². The molecule has 0 bridgehead atoms. The van der Waals surface area contributed by atoms with Crippen molar-refractivity contribution in [1.82, 2.24) is 24.2 Å². The zero-order valence-corrected chi connectivity index (χ0v) is 17.4. The van der Waals surface area contributed by atoms with Crippen molar-refractivity contribution >= 4 is 17.5 Å². The highest BCUT2D eigenvalue weighted by Gasteiger charge is 2.32. The molecule has 3 aromatic rings. The van der Waals surface area contributed by atoms with Crippen molar-refractivity contribution < 1.29 is 13.2 Å². The lowest BCUT2D eigenvalue weighted by Crippen LogP contribution is -2.46. The fourth-order valence-corrected chi connectivity index (χ4v) is 3.86. The number of rotatable bonds is 4. The third-order valence-electron chi connectivity index (χ3n) is 5.32. The molecule has 1 fully saturated rings. The Hall–Kier alpha value is -2.85. The average molecular weight is 453 g/mol. The molecule has 1 aliphatic heterocycles. The van der Waals surface area contributed by atoms with Gasteiger partial charge >= 0.3 is 6.18 Å². The van der Waals surface area contributed by atoms with Gasteiger partial charge < -0.3 is 4.90 Å². The van der Waals surface area contributed by atoms with Crippen molar-refractivity contribution in [3.05, 3.63) is 69.4 Å². The lowest BCUT2D eigenvalue weighted by atomic mass is 10.3. The van der Waals surface area contributed by atoms with Gasteiger partial charge in [-0.15, -0.1) is 0 Å². The van der Waals surface area contributed by atoms with Gasteiger partial charge in [-0.05, 0) is 12.1 Å². The second-order valence-electron chi connectivity index (χ2n) is 7.27. The maximum atomic E-state index is 12.7. The number of piperazine rings is 1. The Bertz CT molecular complexity index is 1100. The van der Waals surface area contributed by atoms with Crippen LogP contribution in [0.25, 0.3) is 5.69 Å². The molecule has 0 atom stereocenters. The van der Waals surface area contributed by atoms with Crippen molar-refractivity contribution in [3.8, 4) is 5.69 Å². The summed E-state index contributed by atoms with van der Waals surface area (Å²) in [6.07, 6.45) is -2.85. The topological polar surface area (TPSA) is 59.2 Å². The Morgan fingerprint density at radius 2 is 1.65 bits per heavy atom. The summed E-state index contributed by atoms with van der Waals surface area (Å²) in [5.41, 5.74) is 0.290. The first kappa shape index (κ1) is 21.4. The smallest absolute Gasteiger partial charge is 0.338 e. The summed E-state index contributed by atoms with van der Waals surface area (Å²) < 4.78 is 41.3. The summed E-state index contributed by atoms with van der Waals surface area (Å²) in [6, 6.07) is 9.25. The van der Waals surface area contributed by atoms with Gasteiger partial charge in [0.15, 0.2) is 0 Å². The maximum Gasteiger partial charge on any atom is 0.419 e. The number of halogens is 4. The number of para-hydroxylation sites is 1. The summed E-state index contributed by atoms with van der Waals surface area (Å²) in [7, 11) is 1.79. The molecule has 164 valence electrons. The lowest BCUT2D eigenvalue weighted by molar-refractivity contribution is -0.138. The molecule has 0 N–H and O–H groups in total. The number of nitrogens with zero attached hydrogens (tertiary/aromatic N) is 6. The molecule has 0 saturated carbocycles. The van der Waals surface area contributed by atoms with E-state index in [0.717, 1.165) is 18.1 Å². The molecular formula is C20H20ClF3N6O. The van der Waals surface area contributed by atoms with Gasteiger partial charge in [0.1, 0.15) is 5.02 Å². The van der Waals surface area contributed by atoms with Crippen LogP contribution in [-0.2, 0) is 19.8 Å². The molecule has 3 heterocycles. The fraction of sp³-hybridized carbons (Fsp3) is 0.350. The molecule has 1 aromatic carbocycles. The Morgan fingerprint density at radius 3 is 2.23 bits per heavy atom. The predicted molar refractivity (Wildman–Crippen MR) is 111 cm³/mol. The predicted octanol–water partition coefficient (Wildman–Crippen LogP) is 2.96. The quantitative estimate of drug-likeness (QED) is 0.609. The van der Waals surface area contributed by atoms with Crippen LogP contribution in [0.5, 0.6) is 0 Å². The standard InChI is InChI=1S/C20H20ClF3N6O/c1-27-16(17(21)18(31)30(27)15-5-3-2-4-6-15)13-28-7-9-29(10-8-28)19-25-11-14(12-26-19)20(22,23)24/h2-6,11-12H,7-10,13H2,1H3. The first-order valence-corrected chi connectivity index (χ1v) is 10.0. The summed E-state index contributed by atoms with van der Waals surface area (Å²) in [5.74, 6) is 0.272. The number of alkyl halides is 3. The fourth-order valence-electron chi connectivity index (χ4n) is 3.60. The maximum absolute atomic E-state index is 12.7. The molecule has 1 aliphatic rings. The van der Waals surface area contributed by atoms with Crippen LogP contribution in [0.2, 0.25) is 5.02 Å². The van der Waals surface area contributed by atoms with Crippen molar-refractivity contribution in [2.75, 3.05) is 31.1 Å². The Labute approximate surface area is 181 Å². The number of aromatic nitrogens is 4. The van der Waals surface area contributed by atoms with E-state index in [2.05, 4.69) is 14.9 Å². The number of hydrogen-bond donors (Lipinski definition) is 0. The minimum Gasteiger partial charge on any atom is -0.338 e. The van der Waals surface area contributed by atoms with Crippen LogP contribution in [0.15, 0.2) is 47.5 Å². The van der Waals surface area contributed by atoms with Crippen molar-refractivity contribution in [1.29, 1.82) is 0 Å². The van der Waals surface area contributed by atoms with Crippen LogP contribution in [0.4, 0.5) is 19.1 Å². The summed E-state index contributed by atoms with van der Waals surface area (Å²) in [5, 5.41) is 0.180. The number of anilines is 1. The Balaban J connectivity index is 1.44. The first-order valence-electron chi connectivity index (χ1n) is 9.64. The van der Waals surface area contributed by atoms with E-state index in [9.17, 15) is 18.0 Å². The van der Waals surface area contributed by atoms with Gasteiger partial charge in [-0.3, -0.25) is 14.4 Å². The molecule has 31 heavy (non-hydrogen) atoms. The van der Waals surface area contributed by atoms with E-state index >= 15 is 0 Å². The van der Waals surface area contributed by atoms with E-state index in [1.54, 1.807) is 11.7 Å². The third kappa shape index (κ3) is 4.31. The van der Waals surface area contributed by atoms with Crippen LogP contribution in [-0.4, -0.2) is 50.4 Å². The molecule has 4 rings (SSSR count). The highest BCUT2D eigenvalue weighted by atomic mass is 35.5. The van der Waals surface area contributed by atoms with Gasteiger partial charge in [-0.2, -0.15) is 13.2 Å². The molecule has 0 amide bonds. The second kappa shape index (κ2) is 8.35. The third-order valence-corrected chi connectivity index (χ3v) is 5.70. The van der Waals surface area contributed by atoms with Crippen molar-refractivity contribution in [3.63, 3.8) is 0 Å². The molecule has 0 unspecified atom stereocenters. The van der Waals surface area contributed by atoms with Crippen LogP contribution in [0.3, 0.4) is 0 Å². The molecule has 1 saturated heterocycles. The van der Waals surface area contributed by atoms with E-state index in [1.165, 1.54) is 4.68 Å². The molecule has 2 aromatic heterocycles. The summed E-state index contributed by atoms with van der Waals surface area (Å²) in [6.45, 7) is 2.84. The first-order chi connectivity index (χ1) is 14.8. The van der Waals surface area contributed by atoms with Crippen molar-refractivity contribution in [2.45, 2.75) is 12.7 Å². The van der Waals surface area contributed by atoms with Gasteiger partial charge in [-0.1, -0.05) is 29.8 Å². The molecule has 7 nitrogen and oxygen atoms in total. The zero-order valence-electron chi connectivity index (χ0n) is 16.7. The van der Waals surface area contributed by atoms with E-state index < -0.39 is 11.7 Å². The monoisotopic (exact) mass is 452 g/mol. The Morgan fingerprint density at radius 1 is 1.03 bits per heavy atom. The average Bonchev–Trinajstić information content (AvgIpc) is 2.97. The number of hydrogen-bond acceptors (Lipinski definition) is 5. The van der Waals surface area contributed by atoms with E-state index in [0.29, 0.717) is 38.4 Å². The summed E-state index contributed by atoms with van der Waals surface area (Å²) in [4.78, 5) is 24.4. The van der Waals surface area contributed by atoms with Crippen LogP contribution < -0.4 is 10.5 Å². The highest BCUT2D eigenvalue weighted by Crippen LogP contribution is 2.28. The van der Waals surface area contributed by atoms with Gasteiger partial charge in [0.25, 0.3) is 5.56 Å². The molecule has 0 radical (unpaired) electrons. The Kier molecular flexibility index (Phi) is 5.76. The normalized spacial score (nSPS) is 15.5. The van der Waals surface area contributed by atoms with Crippen LogP contribution in [0, 0.1) is 0 Å². The SMILES string of the molecule is Cn1c(CN2CCN(c3ncc(C(F)(F)F)cn3)CC2)c(Cl)c(=O)n1-c1ccccc1. The number of benzene rings is 1. The molecule has 11 heteroatoms. The molecule has 0 spiro atoms. The summed E-state index contributed by atoms with van der Waals surface area (Å²) >= 11 is 6.36. The lowest BCUT2D eigenvalue weighted by Gasteiger charge is -2.34. The van der Waals surface area contributed by atoms with E-state index in [-0.39, 0.29) is 16.5 Å². The van der Waals surface area contributed by atoms with Gasteiger partial charge in [0.2, 0.25) is 5.95 Å². The van der Waals surface area contributed by atoms with E-state index in [1.807, 2.05) is 35.2 Å². The molecular weight excluding hydrogens is 433 g/mol. The van der Waals surface area contributed by atoms with Crippen LogP contribution in [0.1, 0.15) is 11.3 Å². The highest BCUT2D eigenvalue weighted by molar-refractivity contribution is 6.31. The largest absolute Gasteiger partial charge is 0.419 e. The zero-order chi connectivity index (χ0) is 22.2. The minimum atomic E-state index is -4.46. The minimum absolute atomic E-state index is 0.180. The van der Waals surface area contributed by atoms with Crippen LogP contribution >= 0.6 is 11.6 Å². The van der Waals surface area contributed by atoms with E-state index in [4.69, 9.17) is 11.6 Å².